The second-order valence-corrected chi connectivity index (χ2v) is 9.37. The smallest absolute Gasteiger partial charge is 0.282 e. The molecule has 0 saturated heterocycles. The summed E-state index contributed by atoms with van der Waals surface area (Å²) in [5.41, 5.74) is 1.53. The van der Waals surface area contributed by atoms with Gasteiger partial charge in [0.2, 0.25) is 5.91 Å². The fraction of sp³-hybridized carbons (Fsp3) is 0.273. The number of aliphatic hydroxyl groups is 1. The van der Waals surface area contributed by atoms with Crippen LogP contribution in [0.4, 0.5) is 4.39 Å². The van der Waals surface area contributed by atoms with Crippen molar-refractivity contribution in [2.75, 3.05) is 6.61 Å². The molecular formula is C22H22FN5O4S. The van der Waals surface area contributed by atoms with Gasteiger partial charge in [0.25, 0.3) is 10.0 Å². The highest BCUT2D eigenvalue weighted by molar-refractivity contribution is 7.89. The zero-order valence-electron chi connectivity index (χ0n) is 18.0. The maximum Gasteiger partial charge on any atom is 0.282 e. The monoisotopic (exact) mass is 471 g/mol. The number of allylic oxidation sites excluding steroid dienone is 1. The second-order valence-electron chi connectivity index (χ2n) is 7.57. The number of halogens is 1. The first-order chi connectivity index (χ1) is 15.8. The zero-order chi connectivity index (χ0) is 23.8. The molecule has 3 aromatic rings. The average Bonchev–Trinajstić information content (AvgIpc) is 3.38. The van der Waals surface area contributed by atoms with Crippen LogP contribution >= 0.6 is 0 Å². The molecule has 0 saturated carbocycles. The molecule has 1 aromatic carbocycles. The molecule has 0 spiro atoms. The summed E-state index contributed by atoms with van der Waals surface area (Å²) in [6.45, 7) is 2.30. The number of rotatable bonds is 6. The maximum atomic E-state index is 13.9. The normalized spacial score (nSPS) is 15.7. The van der Waals surface area contributed by atoms with Crippen LogP contribution < -0.4 is 0 Å². The third-order valence-corrected chi connectivity index (χ3v) is 6.95. The molecule has 1 atom stereocenters. The first kappa shape index (κ1) is 22.7. The first-order valence-corrected chi connectivity index (χ1v) is 11.6. The molecule has 0 fully saturated rings. The van der Waals surface area contributed by atoms with Crippen molar-refractivity contribution in [3.63, 3.8) is 0 Å². The number of hydrogen-bond donors (Lipinski definition) is 1. The minimum atomic E-state index is -3.94. The number of aliphatic imine (C=N–C) groups is 1. The Morgan fingerprint density at radius 3 is 2.79 bits per heavy atom. The third kappa shape index (κ3) is 4.16. The molecule has 172 valence electrons. The van der Waals surface area contributed by atoms with Gasteiger partial charge < -0.3 is 10.0 Å². The van der Waals surface area contributed by atoms with Gasteiger partial charge in [-0.1, -0.05) is 6.07 Å². The van der Waals surface area contributed by atoms with Gasteiger partial charge in [0.15, 0.2) is 0 Å². The highest BCUT2D eigenvalue weighted by Gasteiger charge is 2.34. The van der Waals surface area contributed by atoms with Crippen LogP contribution in [0.2, 0.25) is 0 Å². The van der Waals surface area contributed by atoms with E-state index < -0.39 is 34.3 Å². The molecular weight excluding hydrogens is 449 g/mol. The van der Waals surface area contributed by atoms with Crippen LogP contribution in [0.3, 0.4) is 0 Å². The largest absolute Gasteiger partial charge is 0.395 e. The van der Waals surface area contributed by atoms with Gasteiger partial charge in [-0.05, 0) is 38.1 Å². The molecule has 3 heterocycles. The van der Waals surface area contributed by atoms with Crippen LogP contribution in [0.15, 0.2) is 64.1 Å². The van der Waals surface area contributed by atoms with Crippen LogP contribution in [-0.2, 0) is 27.9 Å². The SMILES string of the molecule is CC=N/C(=C(\C)F)[C@H](CO)C(=O)N1Cc2cn(S(=O)(=O)c3ccc4ncccc4c3)nc2C1. The number of amides is 1. The molecule has 1 aliphatic rings. The summed E-state index contributed by atoms with van der Waals surface area (Å²) in [4.78, 5) is 22.5. The second kappa shape index (κ2) is 8.83. The number of carbonyl (C=O) groups is 1. The summed E-state index contributed by atoms with van der Waals surface area (Å²) in [5, 5.41) is 14.6. The minimum Gasteiger partial charge on any atom is -0.395 e. The van der Waals surface area contributed by atoms with Crippen molar-refractivity contribution >= 4 is 33.0 Å². The predicted octanol–water partition coefficient (Wildman–Crippen LogP) is 2.41. The number of fused-ring (bicyclic) bond motifs is 2. The van der Waals surface area contributed by atoms with E-state index in [2.05, 4.69) is 15.1 Å². The Morgan fingerprint density at radius 2 is 2.12 bits per heavy atom. The minimum absolute atomic E-state index is 0.0449. The fourth-order valence-electron chi connectivity index (χ4n) is 3.79. The lowest BCUT2D eigenvalue weighted by Crippen LogP contribution is -2.35. The molecule has 2 aromatic heterocycles. The highest BCUT2D eigenvalue weighted by Crippen LogP contribution is 2.28. The van der Waals surface area contributed by atoms with Gasteiger partial charge in [0.1, 0.15) is 11.7 Å². The van der Waals surface area contributed by atoms with Crippen molar-refractivity contribution in [3.05, 3.63) is 65.5 Å². The molecule has 0 radical (unpaired) electrons. The van der Waals surface area contributed by atoms with Crippen LogP contribution in [0.25, 0.3) is 10.9 Å². The van der Waals surface area contributed by atoms with E-state index in [0.717, 1.165) is 4.09 Å². The van der Waals surface area contributed by atoms with Crippen LogP contribution in [0.5, 0.6) is 0 Å². The summed E-state index contributed by atoms with van der Waals surface area (Å²) < 4.78 is 41.0. The van der Waals surface area contributed by atoms with E-state index in [1.165, 1.54) is 36.4 Å². The Labute approximate surface area is 189 Å². The number of aromatic nitrogens is 3. The van der Waals surface area contributed by atoms with Crippen LogP contribution in [0, 0.1) is 5.92 Å². The van der Waals surface area contributed by atoms with Crippen molar-refractivity contribution in [1.29, 1.82) is 0 Å². The third-order valence-electron chi connectivity index (χ3n) is 5.42. The molecule has 11 heteroatoms. The number of aliphatic hydroxyl groups excluding tert-OH is 1. The number of benzene rings is 1. The van der Waals surface area contributed by atoms with E-state index in [9.17, 15) is 22.7 Å². The molecule has 9 nitrogen and oxygen atoms in total. The van der Waals surface area contributed by atoms with E-state index in [-0.39, 0.29) is 23.7 Å². The Hall–Kier alpha value is -3.44. The average molecular weight is 472 g/mol. The lowest BCUT2D eigenvalue weighted by atomic mass is 10.0. The van der Waals surface area contributed by atoms with E-state index in [4.69, 9.17) is 0 Å². The molecule has 4 rings (SSSR count). The standard InChI is InChI=1S/C22H22FN5O4S/c1-3-24-21(14(2)23)18(13-29)22(30)27-10-16-11-28(26-20(16)12-27)33(31,32)17-6-7-19-15(9-17)5-4-8-25-19/h3-9,11,18,29H,10,12-13H2,1-2H3/b21-14+,24-3?/t18-/m0/s1. The van der Waals surface area contributed by atoms with Gasteiger partial charge in [-0.15, -0.1) is 0 Å². The van der Waals surface area contributed by atoms with Crippen molar-refractivity contribution < 1.29 is 22.7 Å². The molecule has 0 unspecified atom stereocenters. The van der Waals surface area contributed by atoms with Gasteiger partial charge in [-0.25, -0.2) is 4.39 Å². The van der Waals surface area contributed by atoms with E-state index in [1.54, 1.807) is 31.3 Å². The topological polar surface area (TPSA) is 118 Å². The Balaban J connectivity index is 1.57. The van der Waals surface area contributed by atoms with E-state index in [0.29, 0.717) is 22.2 Å². The summed E-state index contributed by atoms with van der Waals surface area (Å²) >= 11 is 0. The number of carbonyl (C=O) groups excluding carboxylic acids is 1. The Morgan fingerprint density at radius 1 is 1.33 bits per heavy atom. The molecule has 0 bridgehead atoms. The number of hydrogen-bond acceptors (Lipinski definition) is 7. The highest BCUT2D eigenvalue weighted by atomic mass is 32.2. The molecule has 33 heavy (non-hydrogen) atoms. The molecule has 0 aliphatic carbocycles. The maximum absolute atomic E-state index is 13.9. The van der Waals surface area contributed by atoms with Crippen LogP contribution in [0.1, 0.15) is 25.1 Å². The van der Waals surface area contributed by atoms with Crippen molar-refractivity contribution in [2.45, 2.75) is 31.8 Å². The van der Waals surface area contributed by atoms with E-state index >= 15 is 0 Å². The fourth-order valence-corrected chi connectivity index (χ4v) is 4.99. The predicted molar refractivity (Wildman–Crippen MR) is 119 cm³/mol. The first-order valence-electron chi connectivity index (χ1n) is 10.2. The van der Waals surface area contributed by atoms with Crippen molar-refractivity contribution in [2.24, 2.45) is 10.9 Å². The van der Waals surface area contributed by atoms with Gasteiger partial charge >= 0.3 is 0 Å². The van der Waals surface area contributed by atoms with Gasteiger partial charge in [-0.2, -0.15) is 17.6 Å². The quantitative estimate of drug-likeness (QED) is 0.552. The zero-order valence-corrected chi connectivity index (χ0v) is 18.8. The Kier molecular flexibility index (Phi) is 6.09. The summed E-state index contributed by atoms with van der Waals surface area (Å²) in [6, 6.07) is 8.14. The summed E-state index contributed by atoms with van der Waals surface area (Å²) in [5.74, 6) is -2.32. The summed E-state index contributed by atoms with van der Waals surface area (Å²) in [6.07, 6.45) is 4.36. The molecule has 1 N–H and O–H groups in total. The molecule has 1 amide bonds. The van der Waals surface area contributed by atoms with Crippen LogP contribution in [-0.4, -0.2) is 51.3 Å². The Bertz CT molecular complexity index is 1370. The van der Waals surface area contributed by atoms with Crippen molar-refractivity contribution in [3.8, 4) is 0 Å². The van der Waals surface area contributed by atoms with Crippen molar-refractivity contribution in [1.82, 2.24) is 19.1 Å². The lowest BCUT2D eigenvalue weighted by molar-refractivity contribution is -0.136. The number of pyridine rings is 1. The van der Waals surface area contributed by atoms with Gasteiger partial charge in [-0.3, -0.25) is 14.8 Å². The summed E-state index contributed by atoms with van der Waals surface area (Å²) in [7, 11) is -3.94. The lowest BCUT2D eigenvalue weighted by Gasteiger charge is -2.22. The van der Waals surface area contributed by atoms with Gasteiger partial charge in [0.05, 0.1) is 35.0 Å². The number of nitrogens with zero attached hydrogens (tertiary/aromatic N) is 5. The van der Waals surface area contributed by atoms with E-state index in [1.807, 2.05) is 0 Å². The molecule has 1 aliphatic heterocycles. The van der Waals surface area contributed by atoms with Gasteiger partial charge in [0, 0.05) is 36.1 Å².